The first-order valence-corrected chi connectivity index (χ1v) is 9.08. The molecule has 0 saturated heterocycles. The van der Waals surface area contributed by atoms with Gasteiger partial charge in [0.2, 0.25) is 21.8 Å². The van der Waals surface area contributed by atoms with Crippen molar-refractivity contribution in [3.63, 3.8) is 0 Å². The largest absolute Gasteiger partial charge is 0.352 e. The molecule has 0 aliphatic rings. The Hall–Kier alpha value is -2.00. The van der Waals surface area contributed by atoms with Gasteiger partial charge in [-0.15, -0.1) is 0 Å². The summed E-state index contributed by atoms with van der Waals surface area (Å²) in [5.74, 6) is -0.868. The molecule has 0 aromatic carbocycles. The summed E-state index contributed by atoms with van der Waals surface area (Å²) in [5.41, 5.74) is 0. The lowest BCUT2D eigenvalue weighted by molar-refractivity contribution is -0.128. The fourth-order valence-corrected chi connectivity index (χ4v) is 2.88. The molecule has 8 nitrogen and oxygen atoms in total. The molecule has 2 unspecified atom stereocenters. The van der Waals surface area contributed by atoms with Crippen LogP contribution in [0.1, 0.15) is 27.2 Å². The average Bonchev–Trinajstić information content (AvgIpc) is 2.55. The van der Waals surface area contributed by atoms with E-state index in [9.17, 15) is 18.0 Å². The van der Waals surface area contributed by atoms with E-state index in [1.54, 1.807) is 6.92 Å². The van der Waals surface area contributed by atoms with Crippen LogP contribution in [-0.2, 0) is 19.6 Å². The number of nitrogens with one attached hydrogen (secondary N) is 2. The molecule has 0 fully saturated rings. The second-order valence-corrected chi connectivity index (χ2v) is 7.60. The summed E-state index contributed by atoms with van der Waals surface area (Å²) >= 11 is 0. The second kappa shape index (κ2) is 8.74. The minimum atomic E-state index is -3.80. The van der Waals surface area contributed by atoms with Crippen molar-refractivity contribution in [2.24, 2.45) is 0 Å². The third kappa shape index (κ3) is 5.57. The van der Waals surface area contributed by atoms with Crippen molar-refractivity contribution in [1.29, 1.82) is 0 Å². The molecule has 1 rings (SSSR count). The smallest absolute Gasteiger partial charge is 0.244 e. The maximum absolute atomic E-state index is 12.3. The van der Waals surface area contributed by atoms with Gasteiger partial charge < -0.3 is 10.6 Å². The topological polar surface area (TPSA) is 108 Å². The van der Waals surface area contributed by atoms with E-state index in [1.165, 1.54) is 31.6 Å². The molecule has 0 bridgehead atoms. The van der Waals surface area contributed by atoms with Gasteiger partial charge in [-0.2, -0.15) is 4.31 Å². The van der Waals surface area contributed by atoms with E-state index in [0.29, 0.717) is 0 Å². The van der Waals surface area contributed by atoms with Gasteiger partial charge in [-0.05, 0) is 32.4 Å². The molecule has 0 aliphatic heterocycles. The zero-order valence-electron chi connectivity index (χ0n) is 14.3. The number of nitrogens with zero attached hydrogens (tertiary/aromatic N) is 2. The molecule has 1 aromatic rings. The zero-order valence-corrected chi connectivity index (χ0v) is 15.1. The van der Waals surface area contributed by atoms with Crippen LogP contribution in [0.3, 0.4) is 0 Å². The first-order chi connectivity index (χ1) is 11.2. The first-order valence-electron chi connectivity index (χ1n) is 7.64. The van der Waals surface area contributed by atoms with Gasteiger partial charge in [0, 0.05) is 25.5 Å². The molecule has 24 heavy (non-hydrogen) atoms. The highest BCUT2D eigenvalue weighted by Crippen LogP contribution is 2.11. The number of aromatic nitrogens is 1. The number of carbonyl (C=O) groups is 2. The lowest BCUT2D eigenvalue weighted by Gasteiger charge is -2.20. The molecular formula is C15H24N4O4S. The standard InChI is InChI=1S/C15H24N4O4S/c1-5-11(2)17-15(21)12(3)18-14(20)10-19(4)24(22,23)13-7-6-8-16-9-13/h6-9,11-12H,5,10H2,1-4H3,(H,17,21)(H,18,20). The molecule has 2 atom stereocenters. The van der Waals surface area contributed by atoms with Gasteiger partial charge in [-0.3, -0.25) is 14.6 Å². The maximum Gasteiger partial charge on any atom is 0.244 e. The van der Waals surface area contributed by atoms with Gasteiger partial charge in [-0.1, -0.05) is 6.92 Å². The zero-order chi connectivity index (χ0) is 18.3. The normalized spacial score (nSPS) is 14.0. The van der Waals surface area contributed by atoms with Crippen LogP contribution in [0.5, 0.6) is 0 Å². The SMILES string of the molecule is CCC(C)NC(=O)C(C)NC(=O)CN(C)S(=O)(=O)c1cccnc1. The molecule has 0 radical (unpaired) electrons. The van der Waals surface area contributed by atoms with E-state index < -0.39 is 28.5 Å². The number of rotatable bonds is 8. The van der Waals surface area contributed by atoms with Gasteiger partial charge in [0.1, 0.15) is 10.9 Å². The Labute approximate surface area is 142 Å². The van der Waals surface area contributed by atoms with E-state index in [1.807, 2.05) is 13.8 Å². The van der Waals surface area contributed by atoms with Crippen LogP contribution in [0.25, 0.3) is 0 Å². The van der Waals surface area contributed by atoms with Gasteiger partial charge in [0.05, 0.1) is 6.54 Å². The second-order valence-electron chi connectivity index (χ2n) is 5.56. The third-order valence-electron chi connectivity index (χ3n) is 3.48. The summed E-state index contributed by atoms with van der Waals surface area (Å²) in [6.07, 6.45) is 3.45. The fraction of sp³-hybridized carbons (Fsp3) is 0.533. The van der Waals surface area contributed by atoms with E-state index >= 15 is 0 Å². The van der Waals surface area contributed by atoms with Crippen LogP contribution < -0.4 is 10.6 Å². The number of likely N-dealkylation sites (N-methyl/N-ethyl adjacent to an activating group) is 1. The Balaban J connectivity index is 2.63. The Morgan fingerprint density at radius 1 is 1.29 bits per heavy atom. The first kappa shape index (κ1) is 20.0. The fourth-order valence-electron chi connectivity index (χ4n) is 1.79. The quantitative estimate of drug-likeness (QED) is 0.688. The van der Waals surface area contributed by atoms with E-state index in [0.717, 1.165) is 10.7 Å². The van der Waals surface area contributed by atoms with E-state index in [4.69, 9.17) is 0 Å². The molecular weight excluding hydrogens is 332 g/mol. The summed E-state index contributed by atoms with van der Waals surface area (Å²) in [6, 6.07) is 2.16. The molecule has 0 spiro atoms. The Bertz CT molecular complexity index is 663. The Morgan fingerprint density at radius 3 is 2.50 bits per heavy atom. The molecule has 2 N–H and O–H groups in total. The average molecular weight is 356 g/mol. The summed E-state index contributed by atoms with van der Waals surface area (Å²) in [4.78, 5) is 27.6. The van der Waals surface area contributed by atoms with Gasteiger partial charge in [0.15, 0.2) is 0 Å². The van der Waals surface area contributed by atoms with Crippen LogP contribution in [-0.4, -0.2) is 55.2 Å². The number of carbonyl (C=O) groups excluding carboxylic acids is 2. The highest BCUT2D eigenvalue weighted by molar-refractivity contribution is 7.89. The Kier molecular flexibility index (Phi) is 7.30. The summed E-state index contributed by atoms with van der Waals surface area (Å²) in [7, 11) is -2.51. The number of pyridine rings is 1. The summed E-state index contributed by atoms with van der Waals surface area (Å²) < 4.78 is 25.5. The highest BCUT2D eigenvalue weighted by atomic mass is 32.2. The van der Waals surface area contributed by atoms with Crippen molar-refractivity contribution < 1.29 is 18.0 Å². The maximum atomic E-state index is 12.3. The number of hydrogen-bond donors (Lipinski definition) is 2. The highest BCUT2D eigenvalue weighted by Gasteiger charge is 2.24. The predicted octanol–water partition coefficient (Wildman–Crippen LogP) is 0.122. The van der Waals surface area contributed by atoms with Gasteiger partial charge in [0.25, 0.3) is 0 Å². The van der Waals surface area contributed by atoms with Gasteiger partial charge >= 0.3 is 0 Å². The van der Waals surface area contributed by atoms with Crippen LogP contribution >= 0.6 is 0 Å². The van der Waals surface area contributed by atoms with E-state index in [-0.39, 0.29) is 16.8 Å². The van der Waals surface area contributed by atoms with Crippen molar-refractivity contribution in [2.45, 2.75) is 44.2 Å². The minimum absolute atomic E-state index is 0.00265. The lowest BCUT2D eigenvalue weighted by atomic mass is 10.2. The van der Waals surface area contributed by atoms with Crippen LogP contribution in [0.2, 0.25) is 0 Å². The number of sulfonamides is 1. The van der Waals surface area contributed by atoms with Crippen molar-refractivity contribution >= 4 is 21.8 Å². The molecule has 1 heterocycles. The van der Waals surface area contributed by atoms with E-state index in [2.05, 4.69) is 15.6 Å². The predicted molar refractivity (Wildman–Crippen MR) is 89.6 cm³/mol. The number of amides is 2. The summed E-state index contributed by atoms with van der Waals surface area (Å²) in [5, 5.41) is 5.24. The van der Waals surface area contributed by atoms with Crippen molar-refractivity contribution in [2.75, 3.05) is 13.6 Å². The lowest BCUT2D eigenvalue weighted by Crippen LogP contribution is -2.49. The molecule has 1 aromatic heterocycles. The van der Waals surface area contributed by atoms with Gasteiger partial charge in [-0.25, -0.2) is 8.42 Å². The molecule has 0 saturated carbocycles. The minimum Gasteiger partial charge on any atom is -0.352 e. The molecule has 2 amide bonds. The van der Waals surface area contributed by atoms with Crippen LogP contribution in [0.4, 0.5) is 0 Å². The Morgan fingerprint density at radius 2 is 1.96 bits per heavy atom. The van der Waals surface area contributed by atoms with Crippen molar-refractivity contribution in [3.8, 4) is 0 Å². The monoisotopic (exact) mass is 356 g/mol. The third-order valence-corrected chi connectivity index (χ3v) is 5.27. The molecule has 9 heteroatoms. The van der Waals surface area contributed by atoms with Crippen LogP contribution in [0.15, 0.2) is 29.4 Å². The van der Waals surface area contributed by atoms with Crippen LogP contribution in [0, 0.1) is 0 Å². The van der Waals surface area contributed by atoms with Crippen molar-refractivity contribution in [3.05, 3.63) is 24.5 Å². The summed E-state index contributed by atoms with van der Waals surface area (Å²) in [6.45, 7) is 4.95. The molecule has 134 valence electrons. The number of hydrogen-bond acceptors (Lipinski definition) is 5. The molecule has 0 aliphatic carbocycles. The van der Waals surface area contributed by atoms with Crippen molar-refractivity contribution in [1.82, 2.24) is 19.9 Å².